The molecule has 0 N–H and O–H groups in total. The molecule has 0 fully saturated rings. The van der Waals surface area contributed by atoms with E-state index in [9.17, 15) is 14.4 Å². The molecule has 0 rings (SSSR count). The standard InChI is InChI=1S/C40H74N2O6/c1-5-7-9-11-13-21-27-34-47-39(44)29-23-17-15-19-25-31-42(38(43)37-46-36-33-41(3)4)32-26-20-16-18-24-30-40(45)48-35-28-22-14-12-10-8-6-2/h21-22,27-28H,5-20,23-26,29-37H2,1-4H3/b27-21-,28-22-. The van der Waals surface area contributed by atoms with Gasteiger partial charge in [-0.15, -0.1) is 0 Å². The van der Waals surface area contributed by atoms with Crippen LogP contribution in [0.3, 0.4) is 0 Å². The quantitative estimate of drug-likeness (QED) is 0.0375. The molecule has 0 atom stereocenters. The molecule has 1 amide bonds. The second kappa shape index (κ2) is 36.1. The first kappa shape index (κ1) is 45.8. The van der Waals surface area contributed by atoms with Crippen LogP contribution in [0, 0.1) is 0 Å². The fourth-order valence-electron chi connectivity index (χ4n) is 5.24. The topological polar surface area (TPSA) is 85.4 Å². The Labute approximate surface area is 295 Å². The van der Waals surface area contributed by atoms with Crippen molar-refractivity contribution in [3.63, 3.8) is 0 Å². The largest absolute Gasteiger partial charge is 0.461 e. The number of amides is 1. The number of unbranched alkanes of at least 4 members (excludes halogenated alkanes) is 16. The van der Waals surface area contributed by atoms with Gasteiger partial charge >= 0.3 is 11.9 Å². The average molecular weight is 679 g/mol. The smallest absolute Gasteiger partial charge is 0.306 e. The third-order valence-corrected chi connectivity index (χ3v) is 8.34. The maximum absolute atomic E-state index is 12.9. The first-order valence-corrected chi connectivity index (χ1v) is 19.5. The van der Waals surface area contributed by atoms with E-state index in [1.807, 2.05) is 36.0 Å². The lowest BCUT2D eigenvalue weighted by atomic mass is 10.1. The summed E-state index contributed by atoms with van der Waals surface area (Å²) in [7, 11) is 3.99. The van der Waals surface area contributed by atoms with Gasteiger partial charge in [0.2, 0.25) is 5.91 Å². The van der Waals surface area contributed by atoms with Gasteiger partial charge in [-0.2, -0.15) is 0 Å². The van der Waals surface area contributed by atoms with Crippen LogP contribution in [0.2, 0.25) is 0 Å². The minimum absolute atomic E-state index is 0.0595. The lowest BCUT2D eigenvalue weighted by Crippen LogP contribution is -2.36. The highest BCUT2D eigenvalue weighted by atomic mass is 16.5. The van der Waals surface area contributed by atoms with Gasteiger partial charge in [0.25, 0.3) is 0 Å². The summed E-state index contributed by atoms with van der Waals surface area (Å²) >= 11 is 0. The maximum atomic E-state index is 12.9. The van der Waals surface area contributed by atoms with Crippen molar-refractivity contribution in [2.75, 3.05) is 60.2 Å². The van der Waals surface area contributed by atoms with E-state index in [2.05, 4.69) is 26.0 Å². The summed E-state index contributed by atoms with van der Waals surface area (Å²) in [5.74, 6) is -0.176. The van der Waals surface area contributed by atoms with E-state index in [0.29, 0.717) is 32.7 Å². The van der Waals surface area contributed by atoms with Gasteiger partial charge in [-0.3, -0.25) is 14.4 Å². The van der Waals surface area contributed by atoms with Crippen LogP contribution < -0.4 is 0 Å². The average Bonchev–Trinajstić information content (AvgIpc) is 3.07. The predicted octanol–water partition coefficient (Wildman–Crippen LogP) is 9.21. The maximum Gasteiger partial charge on any atom is 0.306 e. The Balaban J connectivity index is 4.12. The first-order valence-electron chi connectivity index (χ1n) is 19.5. The number of hydrogen-bond acceptors (Lipinski definition) is 7. The van der Waals surface area contributed by atoms with Crippen LogP contribution >= 0.6 is 0 Å². The Kier molecular flexibility index (Phi) is 34.5. The zero-order valence-electron chi connectivity index (χ0n) is 31.7. The molecule has 0 aromatic rings. The monoisotopic (exact) mass is 679 g/mol. The molecule has 8 nitrogen and oxygen atoms in total. The zero-order valence-corrected chi connectivity index (χ0v) is 31.7. The molecule has 48 heavy (non-hydrogen) atoms. The van der Waals surface area contributed by atoms with Crippen molar-refractivity contribution in [2.24, 2.45) is 0 Å². The van der Waals surface area contributed by atoms with Crippen LogP contribution in [0.1, 0.15) is 155 Å². The van der Waals surface area contributed by atoms with Crippen LogP contribution in [0.25, 0.3) is 0 Å². The van der Waals surface area contributed by atoms with Gasteiger partial charge in [-0.1, -0.05) is 115 Å². The fourth-order valence-corrected chi connectivity index (χ4v) is 5.24. The van der Waals surface area contributed by atoms with Crippen molar-refractivity contribution >= 4 is 17.8 Å². The summed E-state index contributed by atoms with van der Waals surface area (Å²) < 4.78 is 16.3. The van der Waals surface area contributed by atoms with E-state index in [1.165, 1.54) is 51.4 Å². The molecular formula is C40H74N2O6. The van der Waals surface area contributed by atoms with E-state index >= 15 is 0 Å². The first-order chi connectivity index (χ1) is 23.4. The van der Waals surface area contributed by atoms with Gasteiger partial charge in [-0.25, -0.2) is 0 Å². The van der Waals surface area contributed by atoms with E-state index in [0.717, 1.165) is 96.7 Å². The minimum atomic E-state index is -0.118. The minimum Gasteiger partial charge on any atom is -0.461 e. The molecule has 0 aliphatic heterocycles. The van der Waals surface area contributed by atoms with Crippen molar-refractivity contribution in [1.82, 2.24) is 9.80 Å². The molecule has 0 aliphatic carbocycles. The summed E-state index contributed by atoms with van der Waals surface area (Å²) in [4.78, 5) is 40.9. The normalized spacial score (nSPS) is 11.6. The van der Waals surface area contributed by atoms with Gasteiger partial charge < -0.3 is 24.0 Å². The number of carbonyl (C=O) groups excluding carboxylic acids is 3. The van der Waals surface area contributed by atoms with Crippen LogP contribution in [-0.4, -0.2) is 87.8 Å². The van der Waals surface area contributed by atoms with Crippen molar-refractivity contribution < 1.29 is 28.6 Å². The van der Waals surface area contributed by atoms with E-state index < -0.39 is 0 Å². The van der Waals surface area contributed by atoms with Crippen molar-refractivity contribution in [3.8, 4) is 0 Å². The van der Waals surface area contributed by atoms with Crippen molar-refractivity contribution in [1.29, 1.82) is 0 Å². The highest BCUT2D eigenvalue weighted by molar-refractivity contribution is 5.77. The van der Waals surface area contributed by atoms with E-state index in [1.54, 1.807) is 0 Å². The molecule has 0 aromatic heterocycles. The summed E-state index contributed by atoms with van der Waals surface area (Å²) in [6.07, 6.45) is 30.9. The number of esters is 2. The molecule has 0 heterocycles. The molecule has 280 valence electrons. The molecule has 0 saturated heterocycles. The third kappa shape index (κ3) is 33.7. The van der Waals surface area contributed by atoms with E-state index in [4.69, 9.17) is 14.2 Å². The number of likely N-dealkylation sites (N-methyl/N-ethyl adjacent to an activating group) is 1. The number of hydrogen-bond donors (Lipinski definition) is 0. The highest BCUT2D eigenvalue weighted by Crippen LogP contribution is 2.11. The Morgan fingerprint density at radius 3 is 1.42 bits per heavy atom. The SMILES string of the molecule is CCCCCC/C=C\COC(=O)CCCCCCCN(CCCCCCCC(=O)OC/C=C\CCCCCC)C(=O)COCCN(C)C. The second-order valence-corrected chi connectivity index (χ2v) is 13.3. The van der Waals surface area contributed by atoms with Crippen LogP contribution in [0.5, 0.6) is 0 Å². The number of rotatable bonds is 35. The number of carbonyl (C=O) groups is 3. The van der Waals surface area contributed by atoms with Gasteiger partial charge in [0, 0.05) is 32.5 Å². The third-order valence-electron chi connectivity index (χ3n) is 8.34. The Bertz CT molecular complexity index is 762. The highest BCUT2D eigenvalue weighted by Gasteiger charge is 2.13. The second-order valence-electron chi connectivity index (χ2n) is 13.3. The molecule has 0 aromatic carbocycles. The molecule has 8 heteroatoms. The van der Waals surface area contributed by atoms with E-state index in [-0.39, 0.29) is 24.5 Å². The van der Waals surface area contributed by atoms with Crippen LogP contribution in [0.15, 0.2) is 24.3 Å². The fraction of sp³-hybridized carbons (Fsp3) is 0.825. The summed E-state index contributed by atoms with van der Waals surface area (Å²) in [5.41, 5.74) is 0. The van der Waals surface area contributed by atoms with Gasteiger partial charge in [0.05, 0.1) is 6.61 Å². The number of allylic oxidation sites excluding steroid dienone is 2. The summed E-state index contributed by atoms with van der Waals surface area (Å²) in [6.45, 7) is 8.11. The van der Waals surface area contributed by atoms with Gasteiger partial charge in [0.15, 0.2) is 0 Å². The van der Waals surface area contributed by atoms with Crippen LogP contribution in [-0.2, 0) is 28.6 Å². The molecular weight excluding hydrogens is 604 g/mol. The molecule has 0 bridgehead atoms. The van der Waals surface area contributed by atoms with Gasteiger partial charge in [-0.05, 0) is 65.5 Å². The van der Waals surface area contributed by atoms with Crippen molar-refractivity contribution in [3.05, 3.63) is 24.3 Å². The summed E-state index contributed by atoms with van der Waals surface area (Å²) in [5, 5.41) is 0. The molecule has 0 saturated carbocycles. The predicted molar refractivity (Wildman–Crippen MR) is 199 cm³/mol. The van der Waals surface area contributed by atoms with Crippen molar-refractivity contribution in [2.45, 2.75) is 155 Å². The zero-order chi connectivity index (χ0) is 35.3. The lowest BCUT2D eigenvalue weighted by molar-refractivity contribution is -0.143. The summed E-state index contributed by atoms with van der Waals surface area (Å²) in [6, 6.07) is 0. The number of nitrogens with zero attached hydrogens (tertiary/aromatic N) is 2. The Morgan fingerprint density at radius 2 is 0.958 bits per heavy atom. The molecule has 0 unspecified atom stereocenters. The lowest BCUT2D eigenvalue weighted by Gasteiger charge is -2.23. The molecule has 0 spiro atoms. The van der Waals surface area contributed by atoms with Gasteiger partial charge in [0.1, 0.15) is 19.8 Å². The molecule has 0 aliphatic rings. The molecule has 0 radical (unpaired) electrons. The number of ether oxygens (including phenoxy) is 3. The Morgan fingerprint density at radius 1 is 0.521 bits per heavy atom. The van der Waals surface area contributed by atoms with Crippen LogP contribution in [0.4, 0.5) is 0 Å². The Hall–Kier alpha value is -2.19.